The molecule has 0 aliphatic carbocycles. The van der Waals surface area contributed by atoms with Gasteiger partial charge in [0.1, 0.15) is 5.82 Å². The fourth-order valence-electron chi connectivity index (χ4n) is 2.61. The van der Waals surface area contributed by atoms with Crippen LogP contribution in [0.5, 0.6) is 0 Å². The summed E-state index contributed by atoms with van der Waals surface area (Å²) >= 11 is 0. The summed E-state index contributed by atoms with van der Waals surface area (Å²) in [6.07, 6.45) is -4.66. The molecule has 3 rings (SSSR count). The second-order valence-corrected chi connectivity index (χ2v) is 6.64. The van der Waals surface area contributed by atoms with Gasteiger partial charge in [0.15, 0.2) is 5.65 Å². The summed E-state index contributed by atoms with van der Waals surface area (Å²) in [5.74, 6) is -0.897. The van der Waals surface area contributed by atoms with Crippen LogP contribution in [0.1, 0.15) is 25.2 Å². The number of alkyl halides is 3. The zero-order chi connectivity index (χ0) is 18.9. The van der Waals surface area contributed by atoms with E-state index in [4.69, 9.17) is 0 Å². The molecule has 0 aliphatic rings. The molecule has 1 N–H and O–H groups in total. The van der Waals surface area contributed by atoms with E-state index in [0.29, 0.717) is 11.1 Å². The summed E-state index contributed by atoms with van der Waals surface area (Å²) < 4.78 is 39.9. The molecule has 0 saturated carbocycles. The highest BCUT2D eigenvalue weighted by Crippen LogP contribution is 2.28. The van der Waals surface area contributed by atoms with Crippen LogP contribution >= 0.6 is 0 Å². The first-order valence-electron chi connectivity index (χ1n) is 7.94. The molecular weight excluding hydrogens is 347 g/mol. The Morgan fingerprint density at radius 2 is 1.73 bits per heavy atom. The number of anilines is 1. The van der Waals surface area contributed by atoms with Gasteiger partial charge in [-0.3, -0.25) is 0 Å². The van der Waals surface area contributed by atoms with Crippen molar-refractivity contribution in [3.63, 3.8) is 0 Å². The van der Waals surface area contributed by atoms with E-state index >= 15 is 0 Å². The summed E-state index contributed by atoms with van der Waals surface area (Å²) in [6.45, 7) is 3.82. The Bertz CT molecular complexity index is 887. The molecule has 0 saturated heterocycles. The van der Waals surface area contributed by atoms with E-state index in [2.05, 4.69) is 15.3 Å². The first-order chi connectivity index (χ1) is 12.1. The summed E-state index contributed by atoms with van der Waals surface area (Å²) in [6, 6.07) is 12.4. The molecule has 0 unspecified atom stereocenters. The zero-order valence-electron chi connectivity index (χ0n) is 14.3. The molecule has 0 amide bonds. The average Bonchev–Trinajstić information content (AvgIpc) is 2.97. The van der Waals surface area contributed by atoms with Crippen LogP contribution < -0.4 is 4.90 Å². The van der Waals surface area contributed by atoms with Gasteiger partial charge in [0.2, 0.25) is 0 Å². The summed E-state index contributed by atoms with van der Waals surface area (Å²) in [4.78, 5) is 1.72. The quantitative estimate of drug-likeness (QED) is 0.753. The van der Waals surface area contributed by atoms with Crippen LogP contribution in [0.25, 0.3) is 5.65 Å². The Labute approximate surface area is 147 Å². The largest absolute Gasteiger partial charge is 0.453 e. The van der Waals surface area contributed by atoms with Crippen molar-refractivity contribution in [3.05, 3.63) is 53.9 Å². The molecule has 138 valence electrons. The number of benzene rings is 1. The molecule has 3 aromatic rings. The Balaban J connectivity index is 2.02. The highest BCUT2D eigenvalue weighted by atomic mass is 19.4. The van der Waals surface area contributed by atoms with Crippen LogP contribution in [0, 0.1) is 0 Å². The van der Waals surface area contributed by atoms with Crippen LogP contribution in [-0.4, -0.2) is 37.1 Å². The smallest absolute Gasteiger partial charge is 0.389 e. The van der Waals surface area contributed by atoms with E-state index < -0.39 is 17.6 Å². The van der Waals surface area contributed by atoms with Gasteiger partial charge in [-0.25, -0.2) is 0 Å². The fourth-order valence-corrected chi connectivity index (χ4v) is 2.61. The van der Waals surface area contributed by atoms with Crippen molar-refractivity contribution < 1.29 is 18.3 Å². The number of nitrogens with zero attached hydrogens (tertiary/aromatic N) is 5. The van der Waals surface area contributed by atoms with Crippen molar-refractivity contribution in [1.82, 2.24) is 19.8 Å². The van der Waals surface area contributed by atoms with E-state index in [-0.39, 0.29) is 18.0 Å². The molecule has 0 radical (unpaired) electrons. The van der Waals surface area contributed by atoms with Crippen LogP contribution in [0.2, 0.25) is 0 Å². The first kappa shape index (κ1) is 18.1. The summed E-state index contributed by atoms with van der Waals surface area (Å²) in [5, 5.41) is 21.0. The second kappa shape index (κ2) is 6.56. The van der Waals surface area contributed by atoms with Gasteiger partial charge in [-0.05, 0) is 31.5 Å². The van der Waals surface area contributed by atoms with E-state index in [1.807, 2.05) is 30.3 Å². The molecule has 1 aromatic carbocycles. The number of fused-ring (bicyclic) bond motifs is 1. The fraction of sp³-hybridized carbons (Fsp3) is 0.353. The Kier molecular flexibility index (Phi) is 4.57. The van der Waals surface area contributed by atoms with Gasteiger partial charge in [-0.15, -0.1) is 15.3 Å². The van der Waals surface area contributed by atoms with Crippen molar-refractivity contribution in [2.24, 2.45) is 0 Å². The van der Waals surface area contributed by atoms with Gasteiger partial charge < -0.3 is 10.0 Å². The van der Waals surface area contributed by atoms with Gasteiger partial charge >= 0.3 is 6.18 Å². The molecule has 0 bridgehead atoms. The average molecular weight is 365 g/mol. The zero-order valence-corrected chi connectivity index (χ0v) is 14.3. The Morgan fingerprint density at radius 1 is 1.04 bits per heavy atom. The molecule has 2 heterocycles. The maximum atomic E-state index is 13.1. The molecule has 6 nitrogen and oxygen atoms in total. The highest BCUT2D eigenvalue weighted by Gasteiger charge is 2.37. The van der Waals surface area contributed by atoms with E-state index in [0.717, 1.165) is 5.56 Å². The lowest BCUT2D eigenvalue weighted by molar-refractivity contribution is -0.146. The second-order valence-electron chi connectivity index (χ2n) is 6.64. The molecule has 0 fully saturated rings. The van der Waals surface area contributed by atoms with E-state index in [9.17, 15) is 18.3 Å². The van der Waals surface area contributed by atoms with Crippen LogP contribution in [0.3, 0.4) is 0 Å². The van der Waals surface area contributed by atoms with Crippen LogP contribution in [-0.2, 0) is 12.7 Å². The van der Waals surface area contributed by atoms with Crippen molar-refractivity contribution in [1.29, 1.82) is 0 Å². The molecule has 0 aliphatic heterocycles. The normalized spacial score (nSPS) is 12.5. The monoisotopic (exact) mass is 365 g/mol. The van der Waals surface area contributed by atoms with Crippen molar-refractivity contribution >= 4 is 11.5 Å². The number of aromatic nitrogens is 4. The maximum Gasteiger partial charge on any atom is 0.453 e. The predicted molar refractivity (Wildman–Crippen MR) is 89.6 cm³/mol. The topological polar surface area (TPSA) is 66.5 Å². The third-order valence-electron chi connectivity index (χ3n) is 3.62. The lowest BCUT2D eigenvalue weighted by Crippen LogP contribution is -2.39. The summed E-state index contributed by atoms with van der Waals surface area (Å²) in [5.41, 5.74) is -0.117. The third kappa shape index (κ3) is 4.10. The van der Waals surface area contributed by atoms with Gasteiger partial charge in [-0.2, -0.15) is 17.7 Å². The van der Waals surface area contributed by atoms with Gasteiger partial charge in [0, 0.05) is 13.1 Å². The maximum absolute atomic E-state index is 13.1. The molecule has 26 heavy (non-hydrogen) atoms. The highest BCUT2D eigenvalue weighted by molar-refractivity contribution is 5.46. The molecule has 0 atom stereocenters. The van der Waals surface area contributed by atoms with Crippen molar-refractivity contribution in [2.45, 2.75) is 32.2 Å². The molecule has 0 spiro atoms. The minimum atomic E-state index is -4.66. The Hall–Kier alpha value is -2.68. The lowest BCUT2D eigenvalue weighted by atomic mass is 10.1. The minimum Gasteiger partial charge on any atom is -0.389 e. The van der Waals surface area contributed by atoms with E-state index in [1.54, 1.807) is 24.8 Å². The standard InChI is InChI=1S/C17H18F3N5O/c1-16(2,26)11-24(10-12-6-4-3-5-7-12)14-9-8-13-21-22-15(17(18,19)20)25(13)23-14/h3-9,26H,10-11H2,1-2H3. The van der Waals surface area contributed by atoms with Gasteiger partial charge in [-0.1, -0.05) is 30.3 Å². The number of halogens is 3. The SMILES string of the molecule is CC(C)(O)CN(Cc1ccccc1)c1ccc2nnc(C(F)(F)F)n2n1. The van der Waals surface area contributed by atoms with Crippen LogP contribution in [0.15, 0.2) is 42.5 Å². The first-order valence-corrected chi connectivity index (χ1v) is 7.94. The number of hydrogen-bond donors (Lipinski definition) is 1. The van der Waals surface area contributed by atoms with Gasteiger partial charge in [0.25, 0.3) is 5.82 Å². The molecule has 9 heteroatoms. The van der Waals surface area contributed by atoms with Gasteiger partial charge in [0.05, 0.1) is 5.60 Å². The molecule has 2 aromatic heterocycles. The predicted octanol–water partition coefficient (Wildman–Crippen LogP) is 2.92. The van der Waals surface area contributed by atoms with E-state index in [1.165, 1.54) is 6.07 Å². The number of rotatable bonds is 5. The molecular formula is C17H18F3N5O. The summed E-state index contributed by atoms with van der Waals surface area (Å²) in [7, 11) is 0. The minimum absolute atomic E-state index is 0.00370. The number of aliphatic hydroxyl groups is 1. The number of hydrogen-bond acceptors (Lipinski definition) is 5. The lowest BCUT2D eigenvalue weighted by Gasteiger charge is -2.30. The van der Waals surface area contributed by atoms with Crippen LogP contribution in [0.4, 0.5) is 19.0 Å². The van der Waals surface area contributed by atoms with Crippen molar-refractivity contribution in [2.75, 3.05) is 11.4 Å². The Morgan fingerprint density at radius 3 is 2.35 bits per heavy atom. The third-order valence-corrected chi connectivity index (χ3v) is 3.62. The van der Waals surface area contributed by atoms with Crippen molar-refractivity contribution in [3.8, 4) is 0 Å².